The van der Waals surface area contributed by atoms with E-state index < -0.39 is 10.0 Å². The summed E-state index contributed by atoms with van der Waals surface area (Å²) in [4.78, 5) is 12.5. The minimum atomic E-state index is -3.62. The molecule has 0 unspecified atom stereocenters. The van der Waals surface area contributed by atoms with Gasteiger partial charge in [0.2, 0.25) is 10.0 Å². The number of nitrogens with one attached hydrogen (secondary N) is 1. The van der Waals surface area contributed by atoms with Crippen LogP contribution in [0.2, 0.25) is 0 Å². The van der Waals surface area contributed by atoms with Gasteiger partial charge in [0.15, 0.2) is 0 Å². The Balaban J connectivity index is 1.71. The Kier molecular flexibility index (Phi) is 6.08. The number of halogens is 1. The van der Waals surface area contributed by atoms with Crippen molar-refractivity contribution in [2.24, 2.45) is 0 Å². The number of ether oxygens (including phenoxy) is 1. The Labute approximate surface area is 161 Å². The lowest BCUT2D eigenvalue weighted by molar-refractivity contribution is 0.0730. The number of sulfonamides is 1. The standard InChI is InChI=1S/C18H19BrN2O4S/c19-16-6-4-14(5-7-16)13-20-18(22)15-2-1-3-17(12-15)26(23,24)21-8-10-25-11-9-21/h1-7,12H,8-11,13H2,(H,20,22). The molecule has 1 aliphatic rings. The largest absolute Gasteiger partial charge is 0.379 e. The molecule has 0 bridgehead atoms. The zero-order valence-electron chi connectivity index (χ0n) is 14.0. The fraction of sp³-hybridized carbons (Fsp3) is 0.278. The highest BCUT2D eigenvalue weighted by Crippen LogP contribution is 2.18. The van der Waals surface area contributed by atoms with E-state index >= 15 is 0 Å². The molecule has 1 N–H and O–H groups in total. The quantitative estimate of drug-likeness (QED) is 0.777. The molecule has 2 aromatic rings. The number of benzene rings is 2. The highest BCUT2D eigenvalue weighted by Gasteiger charge is 2.26. The molecule has 1 amide bonds. The average molecular weight is 439 g/mol. The first-order valence-electron chi connectivity index (χ1n) is 8.17. The van der Waals surface area contributed by atoms with Gasteiger partial charge in [-0.1, -0.05) is 34.1 Å². The highest BCUT2D eigenvalue weighted by molar-refractivity contribution is 9.10. The van der Waals surface area contributed by atoms with Crippen LogP contribution in [0.15, 0.2) is 57.9 Å². The summed E-state index contributed by atoms with van der Waals surface area (Å²) < 4.78 is 33.0. The summed E-state index contributed by atoms with van der Waals surface area (Å²) in [6, 6.07) is 13.7. The van der Waals surface area contributed by atoms with Crippen molar-refractivity contribution in [3.05, 3.63) is 64.1 Å². The van der Waals surface area contributed by atoms with E-state index in [-0.39, 0.29) is 10.8 Å². The van der Waals surface area contributed by atoms with E-state index in [0.29, 0.717) is 38.4 Å². The van der Waals surface area contributed by atoms with Crippen LogP contribution in [0.25, 0.3) is 0 Å². The third kappa shape index (κ3) is 4.50. The molecule has 138 valence electrons. The van der Waals surface area contributed by atoms with E-state index in [9.17, 15) is 13.2 Å². The average Bonchev–Trinajstić information content (AvgIpc) is 2.68. The van der Waals surface area contributed by atoms with Crippen LogP contribution in [-0.4, -0.2) is 44.9 Å². The van der Waals surface area contributed by atoms with E-state index in [0.717, 1.165) is 10.0 Å². The minimum Gasteiger partial charge on any atom is -0.379 e. The Bertz CT molecular complexity index is 878. The van der Waals surface area contributed by atoms with Gasteiger partial charge >= 0.3 is 0 Å². The van der Waals surface area contributed by atoms with Crippen molar-refractivity contribution in [2.75, 3.05) is 26.3 Å². The Morgan fingerprint density at radius 1 is 1.12 bits per heavy atom. The lowest BCUT2D eigenvalue weighted by Gasteiger charge is -2.26. The maximum absolute atomic E-state index is 12.7. The topological polar surface area (TPSA) is 75.7 Å². The van der Waals surface area contributed by atoms with Crippen LogP contribution in [0.3, 0.4) is 0 Å². The van der Waals surface area contributed by atoms with Gasteiger partial charge in [0.05, 0.1) is 18.1 Å². The van der Waals surface area contributed by atoms with Gasteiger partial charge in [-0.3, -0.25) is 4.79 Å². The summed E-state index contributed by atoms with van der Waals surface area (Å²) >= 11 is 3.37. The lowest BCUT2D eigenvalue weighted by atomic mass is 10.2. The number of hydrogen-bond donors (Lipinski definition) is 1. The summed E-state index contributed by atoms with van der Waals surface area (Å²) in [5, 5.41) is 2.81. The van der Waals surface area contributed by atoms with Crippen molar-refractivity contribution < 1.29 is 17.9 Å². The molecule has 2 aromatic carbocycles. The third-order valence-corrected chi connectivity index (χ3v) is 6.49. The Hall–Kier alpha value is -1.74. The predicted molar refractivity (Wildman–Crippen MR) is 101 cm³/mol. The lowest BCUT2D eigenvalue weighted by Crippen LogP contribution is -2.40. The number of hydrogen-bond acceptors (Lipinski definition) is 4. The van der Waals surface area contributed by atoms with Gasteiger partial charge in [0.25, 0.3) is 5.91 Å². The first-order chi connectivity index (χ1) is 12.5. The maximum Gasteiger partial charge on any atom is 0.251 e. The Morgan fingerprint density at radius 3 is 2.50 bits per heavy atom. The van der Waals surface area contributed by atoms with Gasteiger partial charge in [0, 0.05) is 29.7 Å². The van der Waals surface area contributed by atoms with Gasteiger partial charge in [-0.05, 0) is 35.9 Å². The maximum atomic E-state index is 12.7. The summed E-state index contributed by atoms with van der Waals surface area (Å²) in [6.07, 6.45) is 0. The monoisotopic (exact) mass is 438 g/mol. The molecule has 26 heavy (non-hydrogen) atoms. The molecule has 0 atom stereocenters. The van der Waals surface area contributed by atoms with Crippen molar-refractivity contribution >= 4 is 31.9 Å². The smallest absolute Gasteiger partial charge is 0.251 e. The van der Waals surface area contributed by atoms with Crippen molar-refractivity contribution in [3.63, 3.8) is 0 Å². The normalized spacial score (nSPS) is 15.6. The van der Waals surface area contributed by atoms with E-state index in [1.54, 1.807) is 12.1 Å². The molecule has 0 saturated carbocycles. The number of morpholine rings is 1. The van der Waals surface area contributed by atoms with Gasteiger partial charge < -0.3 is 10.1 Å². The van der Waals surface area contributed by atoms with Crippen LogP contribution in [0.5, 0.6) is 0 Å². The SMILES string of the molecule is O=C(NCc1ccc(Br)cc1)c1cccc(S(=O)(=O)N2CCOCC2)c1. The highest BCUT2D eigenvalue weighted by atomic mass is 79.9. The number of nitrogens with zero attached hydrogens (tertiary/aromatic N) is 1. The number of carbonyl (C=O) groups excluding carboxylic acids is 1. The molecule has 0 radical (unpaired) electrons. The molecule has 0 aromatic heterocycles. The number of rotatable bonds is 5. The summed E-state index contributed by atoms with van der Waals surface area (Å²) in [5.74, 6) is -0.313. The van der Waals surface area contributed by atoms with E-state index in [1.807, 2.05) is 24.3 Å². The van der Waals surface area contributed by atoms with Crippen LogP contribution in [0.4, 0.5) is 0 Å². The first kappa shape index (κ1) is 19.0. The second kappa shape index (κ2) is 8.30. The molecule has 0 spiro atoms. The fourth-order valence-electron chi connectivity index (χ4n) is 2.62. The zero-order chi connectivity index (χ0) is 18.6. The summed E-state index contributed by atoms with van der Waals surface area (Å²) in [5.41, 5.74) is 1.27. The van der Waals surface area contributed by atoms with Gasteiger partial charge in [-0.15, -0.1) is 0 Å². The van der Waals surface area contributed by atoms with Crippen molar-refractivity contribution in [2.45, 2.75) is 11.4 Å². The van der Waals surface area contributed by atoms with E-state index in [1.165, 1.54) is 16.4 Å². The second-order valence-electron chi connectivity index (χ2n) is 5.85. The molecular weight excluding hydrogens is 420 g/mol. The van der Waals surface area contributed by atoms with Crippen LogP contribution < -0.4 is 5.32 Å². The molecule has 3 rings (SSSR count). The van der Waals surface area contributed by atoms with Crippen molar-refractivity contribution in [1.82, 2.24) is 9.62 Å². The summed E-state index contributed by atoms with van der Waals surface area (Å²) in [6.45, 7) is 1.77. The number of amides is 1. The van der Waals surface area contributed by atoms with Crippen molar-refractivity contribution in [3.8, 4) is 0 Å². The van der Waals surface area contributed by atoms with Crippen LogP contribution in [0, 0.1) is 0 Å². The van der Waals surface area contributed by atoms with Crippen LogP contribution >= 0.6 is 15.9 Å². The fourth-order valence-corrected chi connectivity index (χ4v) is 4.34. The zero-order valence-corrected chi connectivity index (χ0v) is 16.4. The third-order valence-electron chi connectivity index (χ3n) is 4.07. The predicted octanol–water partition coefficient (Wildman–Crippen LogP) is 2.40. The molecule has 1 aliphatic heterocycles. The van der Waals surface area contributed by atoms with Crippen LogP contribution in [0.1, 0.15) is 15.9 Å². The molecule has 6 nitrogen and oxygen atoms in total. The molecule has 0 aliphatic carbocycles. The summed E-state index contributed by atoms with van der Waals surface area (Å²) in [7, 11) is -3.62. The van der Waals surface area contributed by atoms with Gasteiger partial charge in [-0.25, -0.2) is 8.42 Å². The van der Waals surface area contributed by atoms with E-state index in [4.69, 9.17) is 4.74 Å². The second-order valence-corrected chi connectivity index (χ2v) is 8.71. The molecule has 1 fully saturated rings. The van der Waals surface area contributed by atoms with Crippen LogP contribution in [-0.2, 0) is 21.3 Å². The Morgan fingerprint density at radius 2 is 1.81 bits per heavy atom. The number of carbonyl (C=O) groups is 1. The van der Waals surface area contributed by atoms with Gasteiger partial charge in [0.1, 0.15) is 0 Å². The molecular formula is C18H19BrN2O4S. The van der Waals surface area contributed by atoms with E-state index in [2.05, 4.69) is 21.2 Å². The molecule has 8 heteroatoms. The van der Waals surface area contributed by atoms with Gasteiger partial charge in [-0.2, -0.15) is 4.31 Å². The molecule has 1 heterocycles. The minimum absolute atomic E-state index is 0.121. The molecule has 1 saturated heterocycles. The van der Waals surface area contributed by atoms with Crippen molar-refractivity contribution in [1.29, 1.82) is 0 Å². The first-order valence-corrected chi connectivity index (χ1v) is 10.4.